The first-order valence-corrected chi connectivity index (χ1v) is 9.82. The third-order valence-corrected chi connectivity index (χ3v) is 4.82. The van der Waals surface area contributed by atoms with Crippen LogP contribution in [-0.2, 0) is 16.7 Å². The molecule has 0 aliphatic carbocycles. The summed E-state index contributed by atoms with van der Waals surface area (Å²) in [6, 6.07) is 8.26. The van der Waals surface area contributed by atoms with Gasteiger partial charge in [0, 0.05) is 34.3 Å². The lowest BCUT2D eigenvalue weighted by atomic mass is 9.98. The number of rotatable bonds is 4. The third kappa shape index (κ3) is 2.95. The largest absolute Gasteiger partial charge is 0.508 e. The lowest BCUT2D eigenvalue weighted by molar-refractivity contribution is 0.0966. The van der Waals surface area contributed by atoms with Gasteiger partial charge >= 0.3 is 10.1 Å². The Kier molecular flexibility index (Phi) is 3.77. The molecule has 2 heterocycles. The van der Waals surface area contributed by atoms with Crippen LogP contribution in [0.25, 0.3) is 22.2 Å². The van der Waals surface area contributed by atoms with E-state index in [9.17, 15) is 18.3 Å². The summed E-state index contributed by atoms with van der Waals surface area (Å²) in [5.41, 5.74) is 2.71. The van der Waals surface area contributed by atoms with Crippen molar-refractivity contribution in [2.45, 2.75) is 6.54 Å². The molecule has 0 bridgehead atoms. The Morgan fingerprint density at radius 2 is 1.96 bits per heavy atom. The SMILES string of the molecule is COc1cc(-c2cc3cc(O)ccc3[nH]2)c2c(c1OS(C)(=O)=O)CNC2=O. The highest BCUT2D eigenvalue weighted by Gasteiger charge is 2.31. The van der Waals surface area contributed by atoms with Gasteiger partial charge in [-0.1, -0.05) is 0 Å². The van der Waals surface area contributed by atoms with Crippen LogP contribution in [0.2, 0.25) is 0 Å². The average molecular weight is 388 g/mol. The number of ether oxygens (including phenoxy) is 1. The number of aromatic amines is 1. The fourth-order valence-electron chi connectivity index (χ4n) is 3.25. The second-order valence-corrected chi connectivity index (χ2v) is 7.81. The van der Waals surface area contributed by atoms with Crippen molar-refractivity contribution in [3.8, 4) is 28.5 Å². The van der Waals surface area contributed by atoms with Gasteiger partial charge in [0.25, 0.3) is 5.91 Å². The zero-order chi connectivity index (χ0) is 19.3. The van der Waals surface area contributed by atoms with E-state index in [1.165, 1.54) is 7.11 Å². The van der Waals surface area contributed by atoms with Crippen molar-refractivity contribution in [1.29, 1.82) is 0 Å². The van der Waals surface area contributed by atoms with Crippen molar-refractivity contribution >= 4 is 26.9 Å². The summed E-state index contributed by atoms with van der Waals surface area (Å²) in [6.45, 7) is 0.129. The lowest BCUT2D eigenvalue weighted by Crippen LogP contribution is -2.13. The van der Waals surface area contributed by atoms with Gasteiger partial charge in [-0.25, -0.2) is 0 Å². The van der Waals surface area contributed by atoms with E-state index in [-0.39, 0.29) is 29.7 Å². The van der Waals surface area contributed by atoms with E-state index in [0.717, 1.165) is 17.2 Å². The summed E-state index contributed by atoms with van der Waals surface area (Å²) >= 11 is 0. The Hall–Kier alpha value is -3.20. The first-order chi connectivity index (χ1) is 12.8. The van der Waals surface area contributed by atoms with Gasteiger partial charge < -0.3 is 24.3 Å². The normalized spacial score (nSPS) is 13.5. The predicted molar refractivity (Wildman–Crippen MR) is 98.6 cm³/mol. The van der Waals surface area contributed by atoms with Crippen LogP contribution in [0, 0.1) is 0 Å². The molecule has 4 rings (SSSR count). The number of phenols is 1. The Morgan fingerprint density at radius 1 is 1.19 bits per heavy atom. The standard InChI is InChI=1S/C18H16N2O6S/c1-25-15-7-11(14-6-9-5-10(21)3-4-13(9)20-14)16-12(8-19-18(16)22)17(15)26-27(2,23)24/h3-7,20-21H,8H2,1-2H3,(H,19,22). The molecule has 2 aromatic carbocycles. The highest BCUT2D eigenvalue weighted by Crippen LogP contribution is 2.43. The van der Waals surface area contributed by atoms with Crippen molar-refractivity contribution < 1.29 is 27.2 Å². The first-order valence-electron chi connectivity index (χ1n) is 8.00. The number of methoxy groups -OCH3 is 1. The maximum atomic E-state index is 12.4. The van der Waals surface area contributed by atoms with Crippen LogP contribution in [0.15, 0.2) is 30.3 Å². The number of fused-ring (bicyclic) bond motifs is 2. The third-order valence-electron chi connectivity index (χ3n) is 4.35. The van der Waals surface area contributed by atoms with Gasteiger partial charge in [-0.3, -0.25) is 4.79 Å². The number of hydrogen-bond acceptors (Lipinski definition) is 6. The molecule has 140 valence electrons. The molecule has 3 N–H and O–H groups in total. The summed E-state index contributed by atoms with van der Waals surface area (Å²) in [6.07, 6.45) is 0.932. The number of amides is 1. The minimum atomic E-state index is -3.81. The van der Waals surface area contributed by atoms with Gasteiger partial charge in [-0.15, -0.1) is 0 Å². The van der Waals surface area contributed by atoms with Crippen molar-refractivity contribution in [3.63, 3.8) is 0 Å². The zero-order valence-electron chi connectivity index (χ0n) is 14.5. The molecule has 0 fully saturated rings. The van der Waals surface area contributed by atoms with Crippen LogP contribution in [-0.4, -0.2) is 37.8 Å². The Bertz CT molecular complexity index is 1200. The van der Waals surface area contributed by atoms with E-state index < -0.39 is 10.1 Å². The van der Waals surface area contributed by atoms with E-state index in [1.807, 2.05) is 0 Å². The van der Waals surface area contributed by atoms with Crippen LogP contribution in [0.3, 0.4) is 0 Å². The van der Waals surface area contributed by atoms with Gasteiger partial charge in [-0.05, 0) is 30.3 Å². The molecule has 1 aliphatic heterocycles. The summed E-state index contributed by atoms with van der Waals surface area (Å²) in [7, 11) is -2.41. The summed E-state index contributed by atoms with van der Waals surface area (Å²) in [5.74, 6) is 0.00560. The summed E-state index contributed by atoms with van der Waals surface area (Å²) in [4.78, 5) is 15.6. The Balaban J connectivity index is 1.98. The van der Waals surface area contributed by atoms with Crippen LogP contribution >= 0.6 is 0 Å². The second-order valence-electron chi connectivity index (χ2n) is 6.23. The smallest absolute Gasteiger partial charge is 0.306 e. The molecule has 0 saturated carbocycles. The minimum Gasteiger partial charge on any atom is -0.508 e. The highest BCUT2D eigenvalue weighted by molar-refractivity contribution is 7.86. The van der Waals surface area contributed by atoms with Crippen LogP contribution in [0.5, 0.6) is 17.2 Å². The summed E-state index contributed by atoms with van der Waals surface area (Å²) in [5, 5.41) is 13.1. The number of nitrogens with one attached hydrogen (secondary N) is 2. The van der Waals surface area contributed by atoms with E-state index in [0.29, 0.717) is 22.4 Å². The van der Waals surface area contributed by atoms with Crippen LogP contribution in [0.4, 0.5) is 0 Å². The monoisotopic (exact) mass is 388 g/mol. The minimum absolute atomic E-state index is 0.00542. The van der Waals surface area contributed by atoms with Crippen molar-refractivity contribution in [2.24, 2.45) is 0 Å². The molecule has 8 nitrogen and oxygen atoms in total. The average Bonchev–Trinajstić information content (AvgIpc) is 3.17. The van der Waals surface area contributed by atoms with Crippen molar-refractivity contribution in [3.05, 3.63) is 41.5 Å². The molecule has 0 saturated heterocycles. The Labute approximate surface area is 154 Å². The van der Waals surface area contributed by atoms with Crippen molar-refractivity contribution in [2.75, 3.05) is 13.4 Å². The molecule has 0 radical (unpaired) electrons. The number of carbonyl (C=O) groups is 1. The molecule has 0 spiro atoms. The molecule has 0 unspecified atom stereocenters. The molecular formula is C18H16N2O6S. The highest BCUT2D eigenvalue weighted by atomic mass is 32.2. The van der Waals surface area contributed by atoms with Gasteiger partial charge in [-0.2, -0.15) is 8.42 Å². The fraction of sp³-hybridized carbons (Fsp3) is 0.167. The Morgan fingerprint density at radius 3 is 2.67 bits per heavy atom. The van der Waals surface area contributed by atoms with Crippen molar-refractivity contribution in [1.82, 2.24) is 10.3 Å². The number of hydrogen-bond donors (Lipinski definition) is 3. The number of carbonyl (C=O) groups excluding carboxylic acids is 1. The second kappa shape index (κ2) is 5.92. The predicted octanol–water partition coefficient (Wildman–Crippen LogP) is 2.13. The van der Waals surface area contributed by atoms with E-state index >= 15 is 0 Å². The lowest BCUT2D eigenvalue weighted by Gasteiger charge is -2.15. The molecule has 1 aliphatic rings. The van der Waals surface area contributed by atoms with Gasteiger partial charge in [0.15, 0.2) is 11.5 Å². The molecule has 27 heavy (non-hydrogen) atoms. The van der Waals surface area contributed by atoms with E-state index in [4.69, 9.17) is 8.92 Å². The maximum absolute atomic E-state index is 12.4. The quantitative estimate of drug-likeness (QED) is 0.590. The first kappa shape index (κ1) is 17.2. The van der Waals surface area contributed by atoms with Crippen LogP contribution < -0.4 is 14.2 Å². The summed E-state index contributed by atoms with van der Waals surface area (Å²) < 4.78 is 33.7. The molecule has 1 aromatic heterocycles. The molecule has 3 aromatic rings. The number of H-pyrrole nitrogens is 1. The van der Waals surface area contributed by atoms with E-state index in [2.05, 4.69) is 10.3 Å². The maximum Gasteiger partial charge on any atom is 0.306 e. The topological polar surface area (TPSA) is 118 Å². The molecule has 1 amide bonds. The fourth-order valence-corrected chi connectivity index (χ4v) is 3.74. The number of aromatic hydroxyl groups is 1. The number of benzene rings is 2. The van der Waals surface area contributed by atoms with Crippen LogP contribution in [0.1, 0.15) is 15.9 Å². The molecule has 0 atom stereocenters. The molecular weight excluding hydrogens is 372 g/mol. The molecule has 9 heteroatoms. The van der Waals surface area contributed by atoms with Gasteiger partial charge in [0.2, 0.25) is 0 Å². The van der Waals surface area contributed by atoms with Gasteiger partial charge in [0.05, 0.1) is 18.9 Å². The zero-order valence-corrected chi connectivity index (χ0v) is 15.3. The number of phenolic OH excluding ortho intramolecular Hbond substituents is 1. The van der Waals surface area contributed by atoms with Gasteiger partial charge in [0.1, 0.15) is 5.75 Å². The van der Waals surface area contributed by atoms with E-state index in [1.54, 1.807) is 30.3 Å². The number of aromatic nitrogens is 1.